The Kier molecular flexibility index (Phi) is 5.97. The lowest BCUT2D eigenvalue weighted by Gasteiger charge is -2.20. The zero-order valence-corrected chi connectivity index (χ0v) is 9.52. The van der Waals surface area contributed by atoms with Gasteiger partial charge in [0.25, 0.3) is 0 Å². The summed E-state index contributed by atoms with van der Waals surface area (Å²) < 4.78 is 0. The molecule has 0 aliphatic carbocycles. The first-order chi connectivity index (χ1) is 7.36. The Morgan fingerprint density at radius 1 is 1.27 bits per heavy atom. The monoisotopic (exact) mass is 207 g/mol. The van der Waals surface area contributed by atoms with Crippen LogP contribution in [-0.4, -0.2) is 36.1 Å². The van der Waals surface area contributed by atoms with E-state index >= 15 is 0 Å². The smallest absolute Gasteiger partial charge is 0.0416 e. The standard InChI is InChI=1S/C12H21N3/c1-2-9-15(11-7-13)10-6-12-5-3-4-8-14-12/h3-5,8H,2,6-7,9-11,13H2,1H3. The van der Waals surface area contributed by atoms with Crippen LogP contribution in [-0.2, 0) is 6.42 Å². The second-order valence-corrected chi connectivity index (χ2v) is 3.70. The van der Waals surface area contributed by atoms with E-state index in [9.17, 15) is 0 Å². The van der Waals surface area contributed by atoms with E-state index in [1.165, 1.54) is 6.42 Å². The van der Waals surface area contributed by atoms with Crippen LogP contribution in [0, 0.1) is 0 Å². The molecule has 0 saturated carbocycles. The molecule has 1 aromatic heterocycles. The number of nitrogens with zero attached hydrogens (tertiary/aromatic N) is 2. The molecular formula is C12H21N3. The van der Waals surface area contributed by atoms with Crippen LogP contribution >= 0.6 is 0 Å². The summed E-state index contributed by atoms with van der Waals surface area (Å²) in [6, 6.07) is 6.06. The summed E-state index contributed by atoms with van der Waals surface area (Å²) in [6.07, 6.45) is 4.05. The van der Waals surface area contributed by atoms with Gasteiger partial charge in [0.1, 0.15) is 0 Å². The summed E-state index contributed by atoms with van der Waals surface area (Å²) in [5.74, 6) is 0. The van der Waals surface area contributed by atoms with Crippen molar-refractivity contribution in [1.82, 2.24) is 9.88 Å². The molecule has 15 heavy (non-hydrogen) atoms. The third kappa shape index (κ3) is 4.91. The number of rotatable bonds is 7. The van der Waals surface area contributed by atoms with Crippen LogP contribution < -0.4 is 5.73 Å². The van der Waals surface area contributed by atoms with Crippen LogP contribution in [0.1, 0.15) is 19.0 Å². The van der Waals surface area contributed by atoms with Crippen LogP contribution in [0.5, 0.6) is 0 Å². The van der Waals surface area contributed by atoms with E-state index in [1.807, 2.05) is 18.3 Å². The Morgan fingerprint density at radius 3 is 2.73 bits per heavy atom. The van der Waals surface area contributed by atoms with Crippen LogP contribution in [0.2, 0.25) is 0 Å². The summed E-state index contributed by atoms with van der Waals surface area (Å²) >= 11 is 0. The van der Waals surface area contributed by atoms with Gasteiger partial charge in [0.05, 0.1) is 0 Å². The summed E-state index contributed by atoms with van der Waals surface area (Å²) in [5, 5.41) is 0. The first kappa shape index (κ1) is 12.1. The Labute approximate surface area is 92.3 Å². The van der Waals surface area contributed by atoms with Crippen LogP contribution in [0.15, 0.2) is 24.4 Å². The van der Waals surface area contributed by atoms with E-state index in [-0.39, 0.29) is 0 Å². The van der Waals surface area contributed by atoms with E-state index in [1.54, 1.807) is 0 Å². The number of hydrogen-bond donors (Lipinski definition) is 1. The summed E-state index contributed by atoms with van der Waals surface area (Å²) in [4.78, 5) is 6.71. The molecule has 0 aliphatic heterocycles. The lowest BCUT2D eigenvalue weighted by molar-refractivity contribution is 0.284. The molecule has 0 aromatic carbocycles. The zero-order chi connectivity index (χ0) is 10.9. The molecule has 1 heterocycles. The minimum Gasteiger partial charge on any atom is -0.329 e. The third-order valence-electron chi connectivity index (χ3n) is 2.40. The number of pyridine rings is 1. The molecule has 0 fully saturated rings. The van der Waals surface area contributed by atoms with Crippen molar-refractivity contribution in [3.63, 3.8) is 0 Å². The van der Waals surface area contributed by atoms with E-state index in [0.717, 1.165) is 38.3 Å². The second-order valence-electron chi connectivity index (χ2n) is 3.70. The van der Waals surface area contributed by atoms with Gasteiger partial charge in [0.2, 0.25) is 0 Å². The van der Waals surface area contributed by atoms with Gasteiger partial charge in [0.15, 0.2) is 0 Å². The fourth-order valence-electron chi connectivity index (χ4n) is 1.65. The van der Waals surface area contributed by atoms with Crippen molar-refractivity contribution in [1.29, 1.82) is 0 Å². The average molecular weight is 207 g/mol. The Morgan fingerprint density at radius 2 is 2.13 bits per heavy atom. The van der Waals surface area contributed by atoms with E-state index < -0.39 is 0 Å². The highest BCUT2D eigenvalue weighted by Gasteiger charge is 2.02. The summed E-state index contributed by atoms with van der Waals surface area (Å²) in [7, 11) is 0. The van der Waals surface area contributed by atoms with E-state index in [0.29, 0.717) is 0 Å². The SMILES string of the molecule is CCCN(CCN)CCc1ccccn1. The maximum absolute atomic E-state index is 5.57. The molecule has 3 heteroatoms. The third-order valence-corrected chi connectivity index (χ3v) is 2.40. The minimum absolute atomic E-state index is 0.738. The molecule has 84 valence electrons. The largest absolute Gasteiger partial charge is 0.329 e. The van der Waals surface area contributed by atoms with Crippen LogP contribution in [0.4, 0.5) is 0 Å². The maximum atomic E-state index is 5.57. The lowest BCUT2D eigenvalue weighted by atomic mass is 10.2. The van der Waals surface area contributed by atoms with Gasteiger partial charge in [-0.3, -0.25) is 4.98 Å². The maximum Gasteiger partial charge on any atom is 0.0416 e. The van der Waals surface area contributed by atoms with Crippen LogP contribution in [0.25, 0.3) is 0 Å². The van der Waals surface area contributed by atoms with Crippen molar-refractivity contribution in [2.24, 2.45) is 5.73 Å². The van der Waals surface area contributed by atoms with E-state index in [2.05, 4.69) is 22.9 Å². The number of hydrogen-bond acceptors (Lipinski definition) is 3. The molecule has 0 amide bonds. The molecular weight excluding hydrogens is 186 g/mol. The summed E-state index contributed by atoms with van der Waals surface area (Å²) in [5.41, 5.74) is 6.73. The predicted octanol–water partition coefficient (Wildman–Crippen LogP) is 1.29. The van der Waals surface area contributed by atoms with Crippen molar-refractivity contribution < 1.29 is 0 Å². The van der Waals surface area contributed by atoms with Gasteiger partial charge in [-0.1, -0.05) is 13.0 Å². The quantitative estimate of drug-likeness (QED) is 0.732. The molecule has 0 radical (unpaired) electrons. The van der Waals surface area contributed by atoms with Crippen molar-refractivity contribution in [3.8, 4) is 0 Å². The van der Waals surface area contributed by atoms with Gasteiger partial charge in [-0.15, -0.1) is 0 Å². The molecule has 0 unspecified atom stereocenters. The second kappa shape index (κ2) is 7.37. The normalized spacial score (nSPS) is 10.9. The highest BCUT2D eigenvalue weighted by atomic mass is 15.1. The van der Waals surface area contributed by atoms with Crippen molar-refractivity contribution in [2.45, 2.75) is 19.8 Å². The van der Waals surface area contributed by atoms with Gasteiger partial charge >= 0.3 is 0 Å². The average Bonchev–Trinajstić information content (AvgIpc) is 2.28. The summed E-state index contributed by atoms with van der Waals surface area (Å²) in [6.45, 7) is 6.11. The van der Waals surface area contributed by atoms with Crippen molar-refractivity contribution in [3.05, 3.63) is 30.1 Å². The predicted molar refractivity (Wildman–Crippen MR) is 63.7 cm³/mol. The van der Waals surface area contributed by atoms with Crippen molar-refractivity contribution >= 4 is 0 Å². The molecule has 0 atom stereocenters. The lowest BCUT2D eigenvalue weighted by Crippen LogP contribution is -2.32. The Balaban J connectivity index is 2.33. The fourth-order valence-corrected chi connectivity index (χ4v) is 1.65. The van der Waals surface area contributed by atoms with Crippen molar-refractivity contribution in [2.75, 3.05) is 26.2 Å². The Hall–Kier alpha value is -0.930. The molecule has 0 bridgehead atoms. The highest BCUT2D eigenvalue weighted by molar-refractivity contribution is 5.03. The van der Waals surface area contributed by atoms with Gasteiger partial charge < -0.3 is 10.6 Å². The van der Waals surface area contributed by atoms with E-state index in [4.69, 9.17) is 5.73 Å². The van der Waals surface area contributed by atoms with Gasteiger partial charge in [-0.05, 0) is 25.1 Å². The first-order valence-electron chi connectivity index (χ1n) is 5.69. The first-order valence-corrected chi connectivity index (χ1v) is 5.69. The molecule has 1 aromatic rings. The Bertz CT molecular complexity index is 242. The zero-order valence-electron chi connectivity index (χ0n) is 9.52. The van der Waals surface area contributed by atoms with Gasteiger partial charge in [-0.2, -0.15) is 0 Å². The molecule has 0 saturated heterocycles. The molecule has 3 nitrogen and oxygen atoms in total. The molecule has 0 spiro atoms. The topological polar surface area (TPSA) is 42.1 Å². The number of nitrogens with two attached hydrogens (primary N) is 1. The molecule has 0 aliphatic rings. The number of aromatic nitrogens is 1. The van der Waals surface area contributed by atoms with Crippen LogP contribution in [0.3, 0.4) is 0 Å². The van der Waals surface area contributed by atoms with Gasteiger partial charge in [0, 0.05) is 37.9 Å². The highest BCUT2D eigenvalue weighted by Crippen LogP contribution is 1.98. The minimum atomic E-state index is 0.738. The molecule has 2 N–H and O–H groups in total. The molecule has 1 rings (SSSR count). The fraction of sp³-hybridized carbons (Fsp3) is 0.583. The van der Waals surface area contributed by atoms with Gasteiger partial charge in [-0.25, -0.2) is 0 Å².